The van der Waals surface area contributed by atoms with Crippen molar-refractivity contribution in [3.63, 3.8) is 0 Å². The standard InChI is InChI=1S/C12H23N/c1-9-6-10(2)12(8-13(4)5)11(3)7-9/h6,10-12H,7-8H2,1-5H3/t10-,11-,12+/m0/s1. The van der Waals surface area contributed by atoms with Crippen molar-refractivity contribution >= 4 is 0 Å². The molecule has 0 bridgehead atoms. The molecule has 1 aliphatic carbocycles. The zero-order valence-electron chi connectivity index (χ0n) is 9.67. The molecule has 0 saturated heterocycles. The molecule has 0 aromatic carbocycles. The maximum Gasteiger partial charge on any atom is 0.00117 e. The van der Waals surface area contributed by atoms with E-state index in [0.29, 0.717) is 0 Å². The molecular weight excluding hydrogens is 158 g/mol. The van der Waals surface area contributed by atoms with Gasteiger partial charge in [-0.3, -0.25) is 0 Å². The van der Waals surface area contributed by atoms with Crippen LogP contribution >= 0.6 is 0 Å². The lowest BCUT2D eigenvalue weighted by Crippen LogP contribution is -2.32. The van der Waals surface area contributed by atoms with Crippen LogP contribution in [0.25, 0.3) is 0 Å². The van der Waals surface area contributed by atoms with Gasteiger partial charge in [-0.1, -0.05) is 25.5 Å². The molecule has 0 fully saturated rings. The molecule has 1 aliphatic rings. The molecule has 0 aliphatic heterocycles. The predicted octanol–water partition coefficient (Wildman–Crippen LogP) is 2.79. The van der Waals surface area contributed by atoms with Gasteiger partial charge in [-0.25, -0.2) is 0 Å². The first-order valence-corrected chi connectivity index (χ1v) is 5.32. The summed E-state index contributed by atoms with van der Waals surface area (Å²) in [5.74, 6) is 2.45. The molecule has 13 heavy (non-hydrogen) atoms. The highest BCUT2D eigenvalue weighted by molar-refractivity contribution is 5.08. The molecule has 0 unspecified atom stereocenters. The Labute approximate surface area is 82.8 Å². The first kappa shape index (κ1) is 10.8. The average Bonchev–Trinajstić information content (AvgIpc) is 1.96. The third-order valence-electron chi connectivity index (χ3n) is 3.17. The number of hydrogen-bond acceptors (Lipinski definition) is 1. The van der Waals surface area contributed by atoms with Crippen LogP contribution in [0.15, 0.2) is 11.6 Å². The highest BCUT2D eigenvalue weighted by Crippen LogP contribution is 2.33. The minimum Gasteiger partial charge on any atom is -0.309 e. The molecule has 3 atom stereocenters. The minimum absolute atomic E-state index is 0.756. The summed E-state index contributed by atoms with van der Waals surface area (Å²) >= 11 is 0. The normalized spacial score (nSPS) is 34.9. The van der Waals surface area contributed by atoms with Gasteiger partial charge in [0.25, 0.3) is 0 Å². The summed E-state index contributed by atoms with van der Waals surface area (Å²) in [4.78, 5) is 2.31. The van der Waals surface area contributed by atoms with E-state index in [2.05, 4.69) is 45.8 Å². The maximum atomic E-state index is 2.45. The quantitative estimate of drug-likeness (QED) is 0.592. The lowest BCUT2D eigenvalue weighted by atomic mass is 9.75. The molecule has 0 radical (unpaired) electrons. The van der Waals surface area contributed by atoms with Crippen molar-refractivity contribution in [1.82, 2.24) is 4.90 Å². The van der Waals surface area contributed by atoms with E-state index in [0.717, 1.165) is 17.8 Å². The molecule has 0 aromatic heterocycles. The molecule has 0 saturated carbocycles. The lowest BCUT2D eigenvalue weighted by Gasteiger charge is -2.34. The van der Waals surface area contributed by atoms with E-state index in [-0.39, 0.29) is 0 Å². The first-order valence-electron chi connectivity index (χ1n) is 5.32. The predicted molar refractivity (Wildman–Crippen MR) is 58.7 cm³/mol. The molecule has 1 nitrogen and oxygen atoms in total. The molecule has 0 N–H and O–H groups in total. The Balaban J connectivity index is 2.63. The highest BCUT2D eigenvalue weighted by atomic mass is 15.1. The van der Waals surface area contributed by atoms with E-state index < -0.39 is 0 Å². The Bertz CT molecular complexity index is 193. The SMILES string of the molecule is CC1=C[C@H](C)[C@@H](CN(C)C)[C@@H](C)C1. The average molecular weight is 181 g/mol. The second-order valence-corrected chi connectivity index (χ2v) is 4.98. The second kappa shape index (κ2) is 4.28. The highest BCUT2D eigenvalue weighted by Gasteiger charge is 2.26. The first-order chi connectivity index (χ1) is 6.00. The van der Waals surface area contributed by atoms with E-state index in [4.69, 9.17) is 0 Å². The second-order valence-electron chi connectivity index (χ2n) is 4.98. The lowest BCUT2D eigenvalue weighted by molar-refractivity contribution is 0.204. The molecule has 76 valence electrons. The van der Waals surface area contributed by atoms with Gasteiger partial charge in [0.15, 0.2) is 0 Å². The van der Waals surface area contributed by atoms with Crippen molar-refractivity contribution in [2.24, 2.45) is 17.8 Å². The number of rotatable bonds is 2. The Kier molecular flexibility index (Phi) is 3.55. The van der Waals surface area contributed by atoms with Crippen molar-refractivity contribution in [2.75, 3.05) is 20.6 Å². The van der Waals surface area contributed by atoms with Gasteiger partial charge in [-0.2, -0.15) is 0 Å². The van der Waals surface area contributed by atoms with Crippen molar-refractivity contribution < 1.29 is 0 Å². The summed E-state index contributed by atoms with van der Waals surface area (Å²) in [6.07, 6.45) is 3.75. The molecule has 1 rings (SSSR count). The third-order valence-corrected chi connectivity index (χ3v) is 3.17. The summed E-state index contributed by atoms with van der Waals surface area (Å²) in [7, 11) is 4.34. The number of nitrogens with zero attached hydrogens (tertiary/aromatic N) is 1. The van der Waals surface area contributed by atoms with E-state index in [1.54, 1.807) is 5.57 Å². The molecule has 0 spiro atoms. The molecular formula is C12H23N. The van der Waals surface area contributed by atoms with Crippen LogP contribution in [0.1, 0.15) is 27.2 Å². The van der Waals surface area contributed by atoms with Crippen LogP contribution in [0.3, 0.4) is 0 Å². The summed E-state index contributed by atoms with van der Waals surface area (Å²) in [5.41, 5.74) is 1.58. The van der Waals surface area contributed by atoms with Gasteiger partial charge < -0.3 is 4.90 Å². The molecule has 0 heterocycles. The van der Waals surface area contributed by atoms with Crippen molar-refractivity contribution in [2.45, 2.75) is 27.2 Å². The summed E-state index contributed by atoms with van der Waals surface area (Å²) in [6.45, 7) is 8.24. The van der Waals surface area contributed by atoms with Crippen LogP contribution in [-0.2, 0) is 0 Å². The zero-order valence-corrected chi connectivity index (χ0v) is 9.67. The van der Waals surface area contributed by atoms with Crippen molar-refractivity contribution in [3.8, 4) is 0 Å². The zero-order chi connectivity index (χ0) is 10.0. The van der Waals surface area contributed by atoms with Gasteiger partial charge >= 0.3 is 0 Å². The van der Waals surface area contributed by atoms with Gasteiger partial charge in [0.05, 0.1) is 0 Å². The third kappa shape index (κ3) is 2.84. The smallest absolute Gasteiger partial charge is 0.00117 e. The van der Waals surface area contributed by atoms with Crippen LogP contribution in [0.4, 0.5) is 0 Å². The number of hydrogen-bond donors (Lipinski definition) is 0. The summed E-state index contributed by atoms with van der Waals surface area (Å²) < 4.78 is 0. The van der Waals surface area contributed by atoms with E-state index in [9.17, 15) is 0 Å². The van der Waals surface area contributed by atoms with Crippen LogP contribution in [0.5, 0.6) is 0 Å². The Morgan fingerprint density at radius 3 is 2.46 bits per heavy atom. The summed E-state index contributed by atoms with van der Waals surface area (Å²) in [5, 5.41) is 0. The maximum absolute atomic E-state index is 2.45. The fraction of sp³-hybridized carbons (Fsp3) is 0.833. The van der Waals surface area contributed by atoms with E-state index >= 15 is 0 Å². The molecule has 0 aromatic rings. The Hall–Kier alpha value is -0.300. The fourth-order valence-electron chi connectivity index (χ4n) is 2.59. The van der Waals surface area contributed by atoms with E-state index in [1.807, 2.05) is 0 Å². The monoisotopic (exact) mass is 181 g/mol. The van der Waals surface area contributed by atoms with Gasteiger partial charge in [-0.05, 0) is 45.2 Å². The Morgan fingerprint density at radius 2 is 2.00 bits per heavy atom. The Morgan fingerprint density at radius 1 is 1.38 bits per heavy atom. The summed E-state index contributed by atoms with van der Waals surface area (Å²) in [6, 6.07) is 0. The van der Waals surface area contributed by atoms with Crippen LogP contribution < -0.4 is 0 Å². The molecule has 0 amide bonds. The fourth-order valence-corrected chi connectivity index (χ4v) is 2.59. The van der Waals surface area contributed by atoms with Crippen molar-refractivity contribution in [3.05, 3.63) is 11.6 Å². The van der Waals surface area contributed by atoms with Gasteiger partial charge in [0, 0.05) is 6.54 Å². The topological polar surface area (TPSA) is 3.24 Å². The van der Waals surface area contributed by atoms with Crippen molar-refractivity contribution in [1.29, 1.82) is 0 Å². The van der Waals surface area contributed by atoms with Gasteiger partial charge in [-0.15, -0.1) is 0 Å². The van der Waals surface area contributed by atoms with Crippen LogP contribution in [0, 0.1) is 17.8 Å². The number of allylic oxidation sites excluding steroid dienone is 2. The van der Waals surface area contributed by atoms with Gasteiger partial charge in [0.1, 0.15) is 0 Å². The van der Waals surface area contributed by atoms with Crippen LogP contribution in [-0.4, -0.2) is 25.5 Å². The van der Waals surface area contributed by atoms with Gasteiger partial charge in [0.2, 0.25) is 0 Å². The molecule has 1 heteroatoms. The van der Waals surface area contributed by atoms with Crippen LogP contribution in [0.2, 0.25) is 0 Å². The van der Waals surface area contributed by atoms with E-state index in [1.165, 1.54) is 13.0 Å². The minimum atomic E-state index is 0.756. The largest absolute Gasteiger partial charge is 0.309 e.